The van der Waals surface area contributed by atoms with Gasteiger partial charge in [-0.1, -0.05) is 20.8 Å². The minimum absolute atomic E-state index is 0.311. The van der Waals surface area contributed by atoms with E-state index < -0.39 is 0 Å². The quantitative estimate of drug-likeness (QED) is 0.793. The molecule has 1 atom stereocenters. The summed E-state index contributed by atoms with van der Waals surface area (Å²) in [6.07, 6.45) is 0.973. The van der Waals surface area contributed by atoms with Crippen molar-refractivity contribution in [3.05, 3.63) is 11.8 Å². The normalized spacial score (nSPS) is 12.8. The van der Waals surface area contributed by atoms with Crippen molar-refractivity contribution in [2.24, 2.45) is 5.92 Å². The summed E-state index contributed by atoms with van der Waals surface area (Å²) < 4.78 is 5.60. The Morgan fingerprint density at radius 3 is 2.55 bits per heavy atom. The molecule has 0 fully saturated rings. The van der Waals surface area contributed by atoms with Gasteiger partial charge in [-0.25, -0.2) is 4.98 Å². The van der Waals surface area contributed by atoms with Gasteiger partial charge in [-0.15, -0.1) is 0 Å². The van der Waals surface area contributed by atoms with E-state index in [0.29, 0.717) is 30.4 Å². The molecule has 0 aliphatic heterocycles. The first-order valence-corrected chi connectivity index (χ1v) is 7.32. The van der Waals surface area contributed by atoms with Crippen LogP contribution in [0.3, 0.4) is 0 Å². The zero-order valence-electron chi connectivity index (χ0n) is 13.6. The van der Waals surface area contributed by atoms with Gasteiger partial charge < -0.3 is 15.0 Å². The van der Waals surface area contributed by atoms with Gasteiger partial charge in [0.2, 0.25) is 11.8 Å². The molecular weight excluding hydrogens is 252 g/mol. The predicted molar refractivity (Wildman–Crippen MR) is 83.4 cm³/mol. The third-order valence-electron chi connectivity index (χ3n) is 2.97. The molecule has 1 unspecified atom stereocenters. The van der Waals surface area contributed by atoms with Gasteiger partial charge in [0.1, 0.15) is 0 Å². The summed E-state index contributed by atoms with van der Waals surface area (Å²) in [7, 11) is 4.15. The molecule has 0 bridgehead atoms. The molecule has 0 aromatic carbocycles. The number of nitrogens with zero attached hydrogens (tertiary/aromatic N) is 3. The minimum Gasteiger partial charge on any atom is -0.478 e. The van der Waals surface area contributed by atoms with Crippen LogP contribution in [-0.2, 0) is 0 Å². The van der Waals surface area contributed by atoms with Crippen LogP contribution in [0, 0.1) is 12.8 Å². The molecular formula is C15H28N4O. The number of aryl methyl sites for hydroxylation is 1. The third-order valence-corrected chi connectivity index (χ3v) is 2.97. The maximum absolute atomic E-state index is 5.60. The number of nitrogens with one attached hydrogen (secondary N) is 1. The van der Waals surface area contributed by atoms with Crippen molar-refractivity contribution in [1.29, 1.82) is 0 Å². The van der Waals surface area contributed by atoms with E-state index in [4.69, 9.17) is 4.74 Å². The molecule has 0 saturated heterocycles. The number of rotatable bonds is 8. The molecule has 0 aliphatic rings. The average molecular weight is 280 g/mol. The number of hydrogen-bond donors (Lipinski definition) is 1. The third kappa shape index (κ3) is 5.74. The minimum atomic E-state index is 0.311. The largest absolute Gasteiger partial charge is 0.478 e. The number of likely N-dealkylation sites (N-methyl/N-ethyl adjacent to an activating group) is 1. The van der Waals surface area contributed by atoms with Crippen LogP contribution in [0.25, 0.3) is 0 Å². The second-order valence-corrected chi connectivity index (χ2v) is 5.78. The van der Waals surface area contributed by atoms with E-state index in [9.17, 15) is 0 Å². The van der Waals surface area contributed by atoms with E-state index in [2.05, 4.69) is 55.1 Å². The fraction of sp³-hybridized carbons (Fsp3) is 0.733. The van der Waals surface area contributed by atoms with Gasteiger partial charge in [-0.2, -0.15) is 4.98 Å². The number of ether oxygens (including phenoxy) is 1. The van der Waals surface area contributed by atoms with Crippen molar-refractivity contribution < 1.29 is 4.74 Å². The van der Waals surface area contributed by atoms with Crippen LogP contribution in [0.15, 0.2) is 6.07 Å². The lowest BCUT2D eigenvalue weighted by atomic mass is 10.0. The lowest BCUT2D eigenvalue weighted by Gasteiger charge is -2.25. The first kappa shape index (κ1) is 16.7. The highest BCUT2D eigenvalue weighted by Gasteiger charge is 2.16. The highest BCUT2D eigenvalue weighted by Crippen LogP contribution is 2.15. The zero-order valence-corrected chi connectivity index (χ0v) is 13.6. The summed E-state index contributed by atoms with van der Waals surface area (Å²) >= 11 is 0. The standard InChI is InChI=1S/C15H28N4O/c1-7-8-20-14-9-12(4)16-15(18-14)17-13(11(2)3)10-19(5)6/h9,11,13H,7-8,10H2,1-6H3,(H,16,17,18). The van der Waals surface area contributed by atoms with Crippen molar-refractivity contribution in [3.63, 3.8) is 0 Å². The Bertz CT molecular complexity index is 407. The van der Waals surface area contributed by atoms with Crippen molar-refractivity contribution in [3.8, 4) is 5.88 Å². The first-order chi connectivity index (χ1) is 9.42. The Hall–Kier alpha value is -1.36. The number of hydrogen-bond acceptors (Lipinski definition) is 5. The number of aromatic nitrogens is 2. The molecule has 5 heteroatoms. The van der Waals surface area contributed by atoms with Crippen LogP contribution in [0.5, 0.6) is 5.88 Å². The highest BCUT2D eigenvalue weighted by molar-refractivity contribution is 5.32. The van der Waals surface area contributed by atoms with E-state index in [1.54, 1.807) is 0 Å². The maximum Gasteiger partial charge on any atom is 0.226 e. The Labute approximate surface area is 122 Å². The van der Waals surface area contributed by atoms with Crippen molar-refractivity contribution >= 4 is 5.95 Å². The van der Waals surface area contributed by atoms with Gasteiger partial charge in [-0.3, -0.25) is 0 Å². The second-order valence-electron chi connectivity index (χ2n) is 5.78. The van der Waals surface area contributed by atoms with Crippen LogP contribution >= 0.6 is 0 Å². The zero-order chi connectivity index (χ0) is 15.1. The molecule has 1 aromatic rings. The SMILES string of the molecule is CCCOc1cc(C)nc(NC(CN(C)C)C(C)C)n1. The van der Waals surface area contributed by atoms with Crippen molar-refractivity contribution in [2.75, 3.05) is 32.6 Å². The molecule has 0 saturated carbocycles. The van der Waals surface area contributed by atoms with E-state index in [-0.39, 0.29) is 0 Å². The molecule has 114 valence electrons. The monoisotopic (exact) mass is 280 g/mol. The topological polar surface area (TPSA) is 50.3 Å². The van der Waals surface area contributed by atoms with Gasteiger partial charge in [-0.05, 0) is 33.4 Å². The molecule has 0 spiro atoms. The second kappa shape index (κ2) is 8.04. The Balaban J connectivity index is 2.80. The van der Waals surface area contributed by atoms with Gasteiger partial charge >= 0.3 is 0 Å². The fourth-order valence-corrected chi connectivity index (χ4v) is 1.87. The Morgan fingerprint density at radius 1 is 1.30 bits per heavy atom. The van der Waals surface area contributed by atoms with Crippen molar-refractivity contribution in [2.45, 2.75) is 40.2 Å². The van der Waals surface area contributed by atoms with E-state index >= 15 is 0 Å². The maximum atomic E-state index is 5.60. The van der Waals surface area contributed by atoms with Crippen LogP contribution in [-0.4, -0.2) is 48.2 Å². The summed E-state index contributed by atoms with van der Waals surface area (Å²) in [6, 6.07) is 2.18. The smallest absolute Gasteiger partial charge is 0.226 e. The van der Waals surface area contributed by atoms with Gasteiger partial charge in [0.05, 0.1) is 6.61 Å². The predicted octanol–water partition coefficient (Wildman–Crippen LogP) is 2.57. The molecule has 1 heterocycles. The van der Waals surface area contributed by atoms with Crippen LogP contribution in [0.1, 0.15) is 32.9 Å². The van der Waals surface area contributed by atoms with Crippen LogP contribution < -0.4 is 10.1 Å². The van der Waals surface area contributed by atoms with Gasteiger partial charge in [0, 0.05) is 24.3 Å². The molecule has 1 aromatic heterocycles. The Morgan fingerprint density at radius 2 is 2.00 bits per heavy atom. The summed E-state index contributed by atoms with van der Waals surface area (Å²) in [5, 5.41) is 3.42. The van der Waals surface area contributed by atoms with Crippen LogP contribution in [0.2, 0.25) is 0 Å². The summed E-state index contributed by atoms with van der Waals surface area (Å²) in [5.74, 6) is 1.80. The average Bonchev–Trinajstić information content (AvgIpc) is 2.34. The Kier molecular flexibility index (Phi) is 6.71. The molecule has 1 rings (SSSR count). The molecule has 0 aliphatic carbocycles. The first-order valence-electron chi connectivity index (χ1n) is 7.32. The molecule has 0 radical (unpaired) electrons. The van der Waals surface area contributed by atoms with E-state index in [0.717, 1.165) is 18.7 Å². The van der Waals surface area contributed by atoms with Crippen LogP contribution in [0.4, 0.5) is 5.95 Å². The summed E-state index contributed by atoms with van der Waals surface area (Å²) in [5.41, 5.74) is 0.918. The van der Waals surface area contributed by atoms with Gasteiger partial charge in [0.15, 0.2) is 0 Å². The summed E-state index contributed by atoms with van der Waals surface area (Å²) in [6.45, 7) is 10.1. The molecule has 1 N–H and O–H groups in total. The molecule has 5 nitrogen and oxygen atoms in total. The highest BCUT2D eigenvalue weighted by atomic mass is 16.5. The van der Waals surface area contributed by atoms with E-state index in [1.807, 2.05) is 13.0 Å². The lowest BCUT2D eigenvalue weighted by molar-refractivity contribution is 0.304. The van der Waals surface area contributed by atoms with Crippen molar-refractivity contribution in [1.82, 2.24) is 14.9 Å². The molecule has 20 heavy (non-hydrogen) atoms. The lowest BCUT2D eigenvalue weighted by Crippen LogP contribution is -2.37. The number of anilines is 1. The summed E-state index contributed by atoms with van der Waals surface area (Å²) in [4.78, 5) is 11.1. The molecule has 0 amide bonds. The van der Waals surface area contributed by atoms with E-state index in [1.165, 1.54) is 0 Å². The fourth-order valence-electron chi connectivity index (χ4n) is 1.87. The van der Waals surface area contributed by atoms with Gasteiger partial charge in [0.25, 0.3) is 0 Å².